The number of amides is 1. The second-order valence-electron chi connectivity index (χ2n) is 6.17. The Bertz CT molecular complexity index is 736. The van der Waals surface area contributed by atoms with Crippen molar-refractivity contribution in [3.63, 3.8) is 0 Å². The van der Waals surface area contributed by atoms with E-state index in [4.69, 9.17) is 0 Å². The highest BCUT2D eigenvalue weighted by Crippen LogP contribution is 2.35. The van der Waals surface area contributed by atoms with Gasteiger partial charge in [-0.05, 0) is 62.1 Å². The van der Waals surface area contributed by atoms with E-state index in [1.165, 1.54) is 22.3 Å². The number of aryl methyl sites for hydroxylation is 3. The van der Waals surface area contributed by atoms with Crippen LogP contribution in [0.3, 0.4) is 0 Å². The summed E-state index contributed by atoms with van der Waals surface area (Å²) in [5.74, 6) is 0.124. The molecule has 1 atom stereocenters. The first-order chi connectivity index (χ1) is 10.5. The van der Waals surface area contributed by atoms with Gasteiger partial charge in [-0.3, -0.25) is 4.79 Å². The number of nitrogens with zero attached hydrogens (tertiary/aromatic N) is 1. The van der Waals surface area contributed by atoms with E-state index in [-0.39, 0.29) is 11.9 Å². The van der Waals surface area contributed by atoms with Crippen molar-refractivity contribution in [3.8, 4) is 0 Å². The zero-order chi connectivity index (χ0) is 15.9. The number of benzene rings is 2. The molecule has 1 heterocycles. The Balaban J connectivity index is 2.05. The molecule has 0 radical (unpaired) electrons. The van der Waals surface area contributed by atoms with Crippen LogP contribution in [0.15, 0.2) is 36.4 Å². The van der Waals surface area contributed by atoms with Crippen molar-refractivity contribution in [1.29, 1.82) is 0 Å². The molecule has 0 bridgehead atoms. The number of rotatable bonds is 2. The average Bonchev–Trinajstić information content (AvgIpc) is 2.48. The molecule has 1 amide bonds. The molecule has 1 aliphatic heterocycles. The van der Waals surface area contributed by atoms with Crippen LogP contribution >= 0.6 is 0 Å². The summed E-state index contributed by atoms with van der Waals surface area (Å²) in [5, 5.41) is 3.32. The lowest BCUT2D eigenvalue weighted by molar-refractivity contribution is -0.119. The molecule has 0 fully saturated rings. The third-order valence-electron chi connectivity index (χ3n) is 4.50. The molecular weight excluding hydrogens is 272 g/mol. The van der Waals surface area contributed by atoms with Crippen LogP contribution in [0.4, 0.5) is 11.4 Å². The Hall–Kier alpha value is -2.29. The molecule has 2 aromatic carbocycles. The van der Waals surface area contributed by atoms with Crippen molar-refractivity contribution < 1.29 is 4.79 Å². The maximum atomic E-state index is 12.7. The van der Waals surface area contributed by atoms with Crippen LogP contribution in [0.5, 0.6) is 0 Å². The predicted octanol–water partition coefficient (Wildman–Crippen LogP) is 3.96. The van der Waals surface area contributed by atoms with Crippen molar-refractivity contribution in [2.75, 3.05) is 10.2 Å². The fraction of sp³-hybridized carbons (Fsp3) is 0.316. The monoisotopic (exact) mass is 294 g/mol. The Morgan fingerprint density at radius 2 is 1.73 bits per heavy atom. The normalized spacial score (nSPS) is 17.2. The van der Waals surface area contributed by atoms with Crippen molar-refractivity contribution in [3.05, 3.63) is 58.7 Å². The Kier molecular flexibility index (Phi) is 3.65. The number of carbonyl (C=O) groups excluding carboxylic acids is 1. The maximum Gasteiger partial charge on any atom is 0.249 e. The first-order valence-electron chi connectivity index (χ1n) is 7.71. The first kappa shape index (κ1) is 14.6. The van der Waals surface area contributed by atoms with Gasteiger partial charge in [0.1, 0.15) is 6.04 Å². The van der Waals surface area contributed by atoms with Crippen molar-refractivity contribution in [2.45, 2.75) is 40.3 Å². The number of fused-ring (bicyclic) bond motifs is 1. The van der Waals surface area contributed by atoms with Crippen LogP contribution in [0, 0.1) is 20.8 Å². The molecule has 114 valence electrons. The zero-order valence-corrected chi connectivity index (χ0v) is 13.6. The molecular formula is C19H22N2O. The van der Waals surface area contributed by atoms with Gasteiger partial charge in [-0.2, -0.15) is 0 Å². The van der Waals surface area contributed by atoms with Crippen LogP contribution in [0.25, 0.3) is 0 Å². The molecule has 3 heteroatoms. The van der Waals surface area contributed by atoms with E-state index < -0.39 is 0 Å². The van der Waals surface area contributed by atoms with Gasteiger partial charge in [0, 0.05) is 0 Å². The van der Waals surface area contributed by atoms with Crippen LogP contribution in [-0.2, 0) is 11.3 Å². The van der Waals surface area contributed by atoms with Gasteiger partial charge in [0.05, 0.1) is 17.9 Å². The summed E-state index contributed by atoms with van der Waals surface area (Å²) in [6, 6.07) is 12.3. The lowest BCUT2D eigenvalue weighted by atomic mass is 10.0. The zero-order valence-electron chi connectivity index (χ0n) is 13.6. The highest BCUT2D eigenvalue weighted by Gasteiger charge is 2.30. The largest absolute Gasteiger partial charge is 0.372 e. The van der Waals surface area contributed by atoms with Gasteiger partial charge in [-0.25, -0.2) is 0 Å². The molecule has 1 unspecified atom stereocenters. The number of anilines is 2. The van der Waals surface area contributed by atoms with Crippen molar-refractivity contribution in [2.24, 2.45) is 0 Å². The molecule has 3 rings (SSSR count). The Labute approximate surface area is 132 Å². The number of nitrogens with one attached hydrogen (secondary N) is 1. The minimum Gasteiger partial charge on any atom is -0.372 e. The summed E-state index contributed by atoms with van der Waals surface area (Å²) < 4.78 is 0. The number of hydrogen-bond acceptors (Lipinski definition) is 2. The maximum absolute atomic E-state index is 12.7. The fourth-order valence-corrected chi connectivity index (χ4v) is 2.91. The van der Waals surface area contributed by atoms with Crippen LogP contribution < -0.4 is 10.2 Å². The standard InChI is InChI=1S/C19H22N2O/c1-12-7-5-6-8-16(12)11-21-18-10-14(3)13(2)9-17(18)20-15(4)19(21)22/h5-10,15,20H,11H2,1-4H3. The van der Waals surface area contributed by atoms with Crippen molar-refractivity contribution >= 4 is 17.3 Å². The lowest BCUT2D eigenvalue weighted by Crippen LogP contribution is -2.45. The van der Waals surface area contributed by atoms with Gasteiger partial charge in [0.15, 0.2) is 0 Å². The molecule has 1 N–H and O–H groups in total. The molecule has 2 aromatic rings. The van der Waals surface area contributed by atoms with Gasteiger partial charge < -0.3 is 10.2 Å². The second-order valence-corrected chi connectivity index (χ2v) is 6.17. The molecule has 22 heavy (non-hydrogen) atoms. The van der Waals surface area contributed by atoms with Gasteiger partial charge in [-0.1, -0.05) is 24.3 Å². The third-order valence-corrected chi connectivity index (χ3v) is 4.50. The Morgan fingerprint density at radius 1 is 1.05 bits per heavy atom. The molecule has 0 aliphatic carbocycles. The fourth-order valence-electron chi connectivity index (χ4n) is 2.91. The van der Waals surface area contributed by atoms with Crippen molar-refractivity contribution in [1.82, 2.24) is 0 Å². The molecule has 0 saturated carbocycles. The third kappa shape index (κ3) is 2.47. The van der Waals surface area contributed by atoms with E-state index in [9.17, 15) is 4.79 Å². The highest BCUT2D eigenvalue weighted by atomic mass is 16.2. The van der Waals surface area contributed by atoms with Gasteiger partial charge in [0.2, 0.25) is 5.91 Å². The van der Waals surface area contributed by atoms with E-state index in [0.29, 0.717) is 6.54 Å². The van der Waals surface area contributed by atoms with Gasteiger partial charge in [0.25, 0.3) is 0 Å². The van der Waals surface area contributed by atoms with E-state index in [1.54, 1.807) is 0 Å². The Morgan fingerprint density at radius 3 is 2.45 bits per heavy atom. The molecule has 0 spiro atoms. The number of carbonyl (C=O) groups is 1. The average molecular weight is 294 g/mol. The molecule has 1 aliphatic rings. The van der Waals surface area contributed by atoms with E-state index in [2.05, 4.69) is 50.4 Å². The molecule has 3 nitrogen and oxygen atoms in total. The highest BCUT2D eigenvalue weighted by molar-refractivity contribution is 6.04. The van der Waals surface area contributed by atoms with Crippen LogP contribution in [0.1, 0.15) is 29.2 Å². The smallest absolute Gasteiger partial charge is 0.249 e. The van der Waals surface area contributed by atoms with E-state index in [1.807, 2.05) is 24.0 Å². The van der Waals surface area contributed by atoms with Crippen LogP contribution in [0.2, 0.25) is 0 Å². The first-order valence-corrected chi connectivity index (χ1v) is 7.71. The minimum absolute atomic E-state index is 0.124. The summed E-state index contributed by atoms with van der Waals surface area (Å²) in [4.78, 5) is 14.6. The summed E-state index contributed by atoms with van der Waals surface area (Å²) in [6.07, 6.45) is 0. The minimum atomic E-state index is -0.196. The lowest BCUT2D eigenvalue weighted by Gasteiger charge is -2.35. The van der Waals surface area contributed by atoms with Gasteiger partial charge >= 0.3 is 0 Å². The topological polar surface area (TPSA) is 32.3 Å². The predicted molar refractivity (Wildman–Crippen MR) is 91.4 cm³/mol. The summed E-state index contributed by atoms with van der Waals surface area (Å²) >= 11 is 0. The molecule has 0 saturated heterocycles. The van der Waals surface area contributed by atoms with E-state index >= 15 is 0 Å². The quantitative estimate of drug-likeness (QED) is 0.909. The summed E-state index contributed by atoms with van der Waals surface area (Å²) in [5.41, 5.74) is 6.88. The second kappa shape index (κ2) is 5.48. The van der Waals surface area contributed by atoms with E-state index in [0.717, 1.165) is 11.4 Å². The molecule has 0 aromatic heterocycles. The summed E-state index contributed by atoms with van der Waals surface area (Å²) in [7, 11) is 0. The van der Waals surface area contributed by atoms with Gasteiger partial charge in [-0.15, -0.1) is 0 Å². The summed E-state index contributed by atoms with van der Waals surface area (Å²) in [6.45, 7) is 8.82. The SMILES string of the molecule is Cc1cc2c(cc1C)N(Cc1ccccc1C)C(=O)C(C)N2. The van der Waals surface area contributed by atoms with Crippen LogP contribution in [-0.4, -0.2) is 11.9 Å². The number of hydrogen-bond donors (Lipinski definition) is 1.